The Hall–Kier alpha value is -1.03. The van der Waals surface area contributed by atoms with Crippen LogP contribution in [0.5, 0.6) is 0 Å². The van der Waals surface area contributed by atoms with E-state index in [-0.39, 0.29) is 0 Å². The predicted molar refractivity (Wildman–Crippen MR) is 57.6 cm³/mol. The Bertz CT molecular complexity index is 263. The van der Waals surface area contributed by atoms with Gasteiger partial charge in [-0.15, -0.1) is 0 Å². The molecule has 1 unspecified atom stereocenters. The number of hydrogen-bond donors (Lipinski definition) is 2. The molecule has 1 rings (SSSR count). The number of nitrogens with zero attached hydrogens (tertiary/aromatic N) is 1. The highest BCUT2D eigenvalue weighted by Gasteiger charge is 2.08. The van der Waals surface area contributed by atoms with E-state index < -0.39 is 0 Å². The second-order valence-electron chi connectivity index (χ2n) is 3.64. The van der Waals surface area contributed by atoms with E-state index >= 15 is 0 Å². The van der Waals surface area contributed by atoms with Crippen molar-refractivity contribution in [1.82, 2.24) is 10.2 Å². The molecule has 0 aromatic carbocycles. The molecule has 80 valence electrons. The van der Waals surface area contributed by atoms with E-state index in [4.69, 9.17) is 4.74 Å². The molecule has 0 spiro atoms. The van der Waals surface area contributed by atoms with Gasteiger partial charge < -0.3 is 10.1 Å². The van der Waals surface area contributed by atoms with Gasteiger partial charge >= 0.3 is 0 Å². The van der Waals surface area contributed by atoms with E-state index in [9.17, 15) is 0 Å². The first kappa shape index (κ1) is 11.0. The van der Waals surface area contributed by atoms with Crippen LogP contribution < -0.4 is 5.32 Å². The molecular weight excluding hydrogens is 178 g/mol. The number of aryl methyl sites for hydroxylation is 2. The SMILES string of the molecule is COCCC(C)Nc1c(C)n[nH]c1C. The lowest BCUT2D eigenvalue weighted by atomic mass is 10.2. The molecule has 0 saturated carbocycles. The molecule has 4 nitrogen and oxygen atoms in total. The number of hydrogen-bond acceptors (Lipinski definition) is 3. The van der Waals surface area contributed by atoms with Crippen molar-refractivity contribution < 1.29 is 4.74 Å². The number of anilines is 1. The first-order valence-electron chi connectivity index (χ1n) is 4.92. The molecule has 0 aliphatic rings. The summed E-state index contributed by atoms with van der Waals surface area (Å²) in [4.78, 5) is 0. The van der Waals surface area contributed by atoms with Crippen LogP contribution in [-0.4, -0.2) is 30.0 Å². The second kappa shape index (κ2) is 5.00. The molecule has 4 heteroatoms. The number of ether oxygens (including phenoxy) is 1. The maximum Gasteiger partial charge on any atom is 0.0825 e. The van der Waals surface area contributed by atoms with Crippen LogP contribution in [0.4, 0.5) is 5.69 Å². The van der Waals surface area contributed by atoms with Crippen molar-refractivity contribution in [3.8, 4) is 0 Å². The van der Waals surface area contributed by atoms with Crippen LogP contribution in [0.25, 0.3) is 0 Å². The summed E-state index contributed by atoms with van der Waals surface area (Å²) >= 11 is 0. The van der Waals surface area contributed by atoms with Gasteiger partial charge in [0.1, 0.15) is 0 Å². The summed E-state index contributed by atoms with van der Waals surface area (Å²) in [6, 6.07) is 0.407. The molecule has 1 aromatic rings. The lowest BCUT2D eigenvalue weighted by Crippen LogP contribution is -2.17. The van der Waals surface area contributed by atoms with Crippen LogP contribution in [0, 0.1) is 13.8 Å². The van der Waals surface area contributed by atoms with E-state index in [1.807, 2.05) is 13.8 Å². The zero-order valence-electron chi connectivity index (χ0n) is 9.35. The Morgan fingerprint density at radius 3 is 2.71 bits per heavy atom. The van der Waals surface area contributed by atoms with Crippen LogP contribution in [0.1, 0.15) is 24.7 Å². The molecule has 0 bridgehead atoms. The number of H-pyrrole nitrogens is 1. The van der Waals surface area contributed by atoms with Crippen LogP contribution in [-0.2, 0) is 4.74 Å². The zero-order chi connectivity index (χ0) is 10.6. The minimum absolute atomic E-state index is 0.407. The quantitative estimate of drug-likeness (QED) is 0.757. The normalized spacial score (nSPS) is 12.9. The fourth-order valence-corrected chi connectivity index (χ4v) is 1.38. The summed E-state index contributed by atoms with van der Waals surface area (Å²) in [7, 11) is 1.72. The van der Waals surface area contributed by atoms with Crippen molar-refractivity contribution in [2.75, 3.05) is 19.0 Å². The molecule has 0 radical (unpaired) electrons. The predicted octanol–water partition coefficient (Wildman–Crippen LogP) is 1.86. The van der Waals surface area contributed by atoms with E-state index in [1.54, 1.807) is 7.11 Å². The topological polar surface area (TPSA) is 49.9 Å². The maximum absolute atomic E-state index is 5.03. The third-order valence-electron chi connectivity index (χ3n) is 2.27. The molecule has 0 amide bonds. The van der Waals surface area contributed by atoms with E-state index in [1.165, 1.54) is 0 Å². The average molecular weight is 197 g/mol. The Labute approximate surface area is 85.0 Å². The van der Waals surface area contributed by atoms with Gasteiger partial charge in [-0.05, 0) is 27.2 Å². The number of aromatic amines is 1. The molecule has 0 aliphatic carbocycles. The van der Waals surface area contributed by atoms with Gasteiger partial charge in [0.05, 0.1) is 17.1 Å². The zero-order valence-corrected chi connectivity index (χ0v) is 9.35. The Kier molecular flexibility index (Phi) is 3.95. The first-order chi connectivity index (χ1) is 6.65. The van der Waals surface area contributed by atoms with Gasteiger partial charge in [0.15, 0.2) is 0 Å². The van der Waals surface area contributed by atoms with Crippen molar-refractivity contribution in [1.29, 1.82) is 0 Å². The molecular formula is C10H19N3O. The van der Waals surface area contributed by atoms with Gasteiger partial charge in [0, 0.05) is 19.8 Å². The second-order valence-corrected chi connectivity index (χ2v) is 3.64. The Balaban J connectivity index is 2.51. The van der Waals surface area contributed by atoms with E-state index in [0.717, 1.165) is 30.1 Å². The van der Waals surface area contributed by atoms with Crippen molar-refractivity contribution in [2.24, 2.45) is 0 Å². The maximum atomic E-state index is 5.03. The number of rotatable bonds is 5. The highest BCUT2D eigenvalue weighted by atomic mass is 16.5. The third kappa shape index (κ3) is 2.73. The Morgan fingerprint density at radius 2 is 2.21 bits per heavy atom. The van der Waals surface area contributed by atoms with Crippen LogP contribution in [0.2, 0.25) is 0 Å². The number of methoxy groups -OCH3 is 1. The molecule has 2 N–H and O–H groups in total. The van der Waals surface area contributed by atoms with Gasteiger partial charge in [-0.25, -0.2) is 0 Å². The van der Waals surface area contributed by atoms with Gasteiger partial charge in [0.2, 0.25) is 0 Å². The minimum Gasteiger partial charge on any atom is -0.385 e. The highest BCUT2D eigenvalue weighted by molar-refractivity contribution is 5.51. The summed E-state index contributed by atoms with van der Waals surface area (Å²) in [6.07, 6.45) is 1.00. The summed E-state index contributed by atoms with van der Waals surface area (Å²) in [5.41, 5.74) is 3.23. The number of aromatic nitrogens is 2. The largest absolute Gasteiger partial charge is 0.385 e. The minimum atomic E-state index is 0.407. The fraction of sp³-hybridized carbons (Fsp3) is 0.700. The number of nitrogens with one attached hydrogen (secondary N) is 2. The van der Waals surface area contributed by atoms with Crippen LogP contribution in [0.15, 0.2) is 0 Å². The van der Waals surface area contributed by atoms with Gasteiger partial charge in [-0.3, -0.25) is 5.10 Å². The van der Waals surface area contributed by atoms with Gasteiger partial charge in [0.25, 0.3) is 0 Å². The van der Waals surface area contributed by atoms with E-state index in [2.05, 4.69) is 22.4 Å². The fourth-order valence-electron chi connectivity index (χ4n) is 1.38. The van der Waals surface area contributed by atoms with Crippen molar-refractivity contribution in [3.05, 3.63) is 11.4 Å². The van der Waals surface area contributed by atoms with Crippen molar-refractivity contribution in [3.63, 3.8) is 0 Å². The average Bonchev–Trinajstić information content (AvgIpc) is 2.46. The summed E-state index contributed by atoms with van der Waals surface area (Å²) in [5, 5.41) is 10.5. The molecule has 1 atom stereocenters. The molecule has 0 aliphatic heterocycles. The monoisotopic (exact) mass is 197 g/mol. The lowest BCUT2D eigenvalue weighted by Gasteiger charge is -2.14. The third-order valence-corrected chi connectivity index (χ3v) is 2.27. The van der Waals surface area contributed by atoms with Gasteiger partial charge in [-0.2, -0.15) is 5.10 Å². The summed E-state index contributed by atoms with van der Waals surface area (Å²) in [6.45, 7) is 6.94. The molecule has 0 fully saturated rings. The molecule has 0 saturated heterocycles. The lowest BCUT2D eigenvalue weighted by molar-refractivity contribution is 0.191. The standard InChI is InChI=1S/C10H19N3O/c1-7(5-6-14-4)11-10-8(2)12-13-9(10)3/h7,11H,5-6H2,1-4H3,(H,12,13). The molecule has 1 heterocycles. The van der Waals surface area contributed by atoms with Crippen molar-refractivity contribution >= 4 is 5.69 Å². The summed E-state index contributed by atoms with van der Waals surface area (Å²) < 4.78 is 5.03. The molecule has 1 aromatic heterocycles. The van der Waals surface area contributed by atoms with E-state index in [0.29, 0.717) is 6.04 Å². The van der Waals surface area contributed by atoms with Crippen LogP contribution >= 0.6 is 0 Å². The first-order valence-corrected chi connectivity index (χ1v) is 4.92. The molecule has 14 heavy (non-hydrogen) atoms. The van der Waals surface area contributed by atoms with Crippen molar-refractivity contribution in [2.45, 2.75) is 33.2 Å². The van der Waals surface area contributed by atoms with Crippen LogP contribution in [0.3, 0.4) is 0 Å². The summed E-state index contributed by atoms with van der Waals surface area (Å²) in [5.74, 6) is 0. The smallest absolute Gasteiger partial charge is 0.0825 e. The van der Waals surface area contributed by atoms with Gasteiger partial charge in [-0.1, -0.05) is 0 Å². The Morgan fingerprint density at radius 1 is 1.50 bits per heavy atom. The highest BCUT2D eigenvalue weighted by Crippen LogP contribution is 2.17.